The summed E-state index contributed by atoms with van der Waals surface area (Å²) in [5, 5.41) is 2.78. The molecule has 3 rings (SSSR count). The fourth-order valence-electron chi connectivity index (χ4n) is 2.74. The fraction of sp³-hybridized carbons (Fsp3) is 0.350. The number of rotatable bonds is 7. The molecule has 1 N–H and O–H groups in total. The highest BCUT2D eigenvalue weighted by Gasteiger charge is 2.10. The van der Waals surface area contributed by atoms with E-state index in [2.05, 4.69) is 22.3 Å². The summed E-state index contributed by atoms with van der Waals surface area (Å²) in [6.07, 6.45) is 0. The van der Waals surface area contributed by atoms with Crippen LogP contribution in [0, 0.1) is 5.82 Å². The van der Waals surface area contributed by atoms with Crippen LogP contribution in [-0.4, -0.2) is 43.7 Å². The van der Waals surface area contributed by atoms with Gasteiger partial charge in [-0.05, 0) is 23.3 Å². The van der Waals surface area contributed by atoms with Gasteiger partial charge in [-0.3, -0.25) is 9.69 Å². The van der Waals surface area contributed by atoms with Gasteiger partial charge in [0.2, 0.25) is 0 Å². The van der Waals surface area contributed by atoms with Crippen molar-refractivity contribution in [3.8, 4) is 5.75 Å². The van der Waals surface area contributed by atoms with Crippen molar-refractivity contribution < 1.29 is 18.7 Å². The van der Waals surface area contributed by atoms with Crippen molar-refractivity contribution in [2.75, 3.05) is 32.9 Å². The highest BCUT2D eigenvalue weighted by Crippen LogP contribution is 2.15. The molecule has 0 radical (unpaired) electrons. The number of halogens is 1. The Bertz CT molecular complexity index is 715. The van der Waals surface area contributed by atoms with Crippen LogP contribution in [0.25, 0.3) is 0 Å². The van der Waals surface area contributed by atoms with E-state index in [0.717, 1.165) is 38.4 Å². The third kappa shape index (κ3) is 5.54. The summed E-state index contributed by atoms with van der Waals surface area (Å²) >= 11 is 0. The van der Waals surface area contributed by atoms with Crippen molar-refractivity contribution >= 4 is 5.91 Å². The molecule has 1 amide bonds. The second kappa shape index (κ2) is 9.31. The summed E-state index contributed by atoms with van der Waals surface area (Å²) in [6.45, 7) is 4.61. The lowest BCUT2D eigenvalue weighted by atomic mass is 10.1. The molecule has 2 aromatic carbocycles. The first-order valence-electron chi connectivity index (χ1n) is 8.72. The number of carbonyl (C=O) groups excluding carboxylic acids is 1. The molecule has 0 spiro atoms. The number of carbonyl (C=O) groups is 1. The Labute approximate surface area is 152 Å². The van der Waals surface area contributed by atoms with Crippen LogP contribution in [0.2, 0.25) is 0 Å². The van der Waals surface area contributed by atoms with Gasteiger partial charge in [0.25, 0.3) is 5.91 Å². The quantitative estimate of drug-likeness (QED) is 0.826. The normalized spacial score (nSPS) is 14.8. The molecular weight excluding hydrogens is 335 g/mol. The summed E-state index contributed by atoms with van der Waals surface area (Å²) in [5.41, 5.74) is 2.25. The monoisotopic (exact) mass is 358 g/mol. The number of hydrogen-bond acceptors (Lipinski definition) is 4. The minimum Gasteiger partial charge on any atom is -0.481 e. The maximum Gasteiger partial charge on any atom is 0.258 e. The molecule has 1 aliphatic heterocycles. The van der Waals surface area contributed by atoms with Crippen molar-refractivity contribution in [3.05, 3.63) is 65.5 Å². The lowest BCUT2D eigenvalue weighted by molar-refractivity contribution is -0.123. The van der Waals surface area contributed by atoms with Crippen LogP contribution in [0.15, 0.2) is 48.5 Å². The van der Waals surface area contributed by atoms with E-state index in [4.69, 9.17) is 9.47 Å². The molecule has 26 heavy (non-hydrogen) atoms. The molecule has 0 atom stereocenters. The Hall–Kier alpha value is -2.44. The molecule has 0 saturated carbocycles. The molecule has 1 heterocycles. The third-order valence-corrected chi connectivity index (χ3v) is 4.22. The van der Waals surface area contributed by atoms with Crippen LogP contribution in [0.1, 0.15) is 11.1 Å². The van der Waals surface area contributed by atoms with Crippen LogP contribution in [0.4, 0.5) is 4.39 Å². The van der Waals surface area contributed by atoms with Crippen molar-refractivity contribution in [1.29, 1.82) is 0 Å². The number of amides is 1. The number of ether oxygens (including phenoxy) is 2. The molecule has 0 aromatic heterocycles. The Morgan fingerprint density at radius 2 is 1.77 bits per heavy atom. The van der Waals surface area contributed by atoms with E-state index in [1.54, 1.807) is 12.1 Å². The van der Waals surface area contributed by atoms with Gasteiger partial charge in [0.15, 0.2) is 18.2 Å². The molecular formula is C20H23FN2O3. The first-order chi connectivity index (χ1) is 12.7. The molecule has 1 aliphatic rings. The minimum absolute atomic E-state index is 0.0788. The van der Waals surface area contributed by atoms with Crippen molar-refractivity contribution in [2.24, 2.45) is 0 Å². The minimum atomic E-state index is -0.476. The molecule has 1 fully saturated rings. The van der Waals surface area contributed by atoms with Gasteiger partial charge in [0.1, 0.15) is 0 Å². The smallest absolute Gasteiger partial charge is 0.258 e. The standard InChI is InChI=1S/C20H23FN2O3/c21-18-3-1-2-4-19(18)26-15-20(24)22-13-16-5-7-17(8-6-16)14-23-9-11-25-12-10-23/h1-8H,9-15H2,(H,22,24). The first kappa shape index (κ1) is 18.4. The Morgan fingerprint density at radius 1 is 1.08 bits per heavy atom. The zero-order valence-electron chi connectivity index (χ0n) is 14.6. The van der Waals surface area contributed by atoms with Crippen molar-refractivity contribution in [2.45, 2.75) is 13.1 Å². The largest absolute Gasteiger partial charge is 0.481 e. The highest BCUT2D eigenvalue weighted by molar-refractivity contribution is 5.77. The molecule has 138 valence electrons. The number of nitrogens with zero attached hydrogens (tertiary/aromatic N) is 1. The van der Waals surface area contributed by atoms with E-state index in [-0.39, 0.29) is 18.3 Å². The average Bonchev–Trinajstić information content (AvgIpc) is 2.68. The second-order valence-electron chi connectivity index (χ2n) is 6.20. The van der Waals surface area contributed by atoms with E-state index < -0.39 is 5.82 Å². The van der Waals surface area contributed by atoms with Crippen LogP contribution in [0.5, 0.6) is 5.75 Å². The lowest BCUT2D eigenvalue weighted by Gasteiger charge is -2.26. The van der Waals surface area contributed by atoms with Gasteiger partial charge < -0.3 is 14.8 Å². The number of nitrogens with one attached hydrogen (secondary N) is 1. The van der Waals surface area contributed by atoms with Gasteiger partial charge in [0.05, 0.1) is 13.2 Å². The molecule has 0 aliphatic carbocycles. The van der Waals surface area contributed by atoms with E-state index in [9.17, 15) is 9.18 Å². The van der Waals surface area contributed by atoms with Crippen molar-refractivity contribution in [3.63, 3.8) is 0 Å². The fourth-order valence-corrected chi connectivity index (χ4v) is 2.74. The average molecular weight is 358 g/mol. The summed E-state index contributed by atoms with van der Waals surface area (Å²) < 4.78 is 24.0. The van der Waals surface area contributed by atoms with Crippen molar-refractivity contribution in [1.82, 2.24) is 10.2 Å². The highest BCUT2D eigenvalue weighted by atomic mass is 19.1. The third-order valence-electron chi connectivity index (χ3n) is 4.22. The van der Waals surface area contributed by atoms with Crippen LogP contribution >= 0.6 is 0 Å². The van der Waals surface area contributed by atoms with Gasteiger partial charge in [-0.15, -0.1) is 0 Å². The van der Waals surface area contributed by atoms with E-state index in [0.29, 0.717) is 6.54 Å². The lowest BCUT2D eigenvalue weighted by Crippen LogP contribution is -2.35. The molecule has 5 nitrogen and oxygen atoms in total. The summed E-state index contributed by atoms with van der Waals surface area (Å²) in [4.78, 5) is 14.2. The van der Waals surface area contributed by atoms with E-state index >= 15 is 0 Å². The Balaban J connectivity index is 1.41. The van der Waals surface area contributed by atoms with E-state index in [1.165, 1.54) is 17.7 Å². The topological polar surface area (TPSA) is 50.8 Å². The zero-order chi connectivity index (χ0) is 18.2. The summed E-state index contributed by atoms with van der Waals surface area (Å²) in [5.74, 6) is -0.683. The number of hydrogen-bond donors (Lipinski definition) is 1. The Morgan fingerprint density at radius 3 is 2.50 bits per heavy atom. The Kier molecular flexibility index (Phi) is 6.57. The SMILES string of the molecule is O=C(COc1ccccc1F)NCc1ccc(CN2CCOCC2)cc1. The maximum atomic E-state index is 13.4. The van der Waals surface area contributed by atoms with Gasteiger partial charge in [-0.2, -0.15) is 0 Å². The first-order valence-corrected chi connectivity index (χ1v) is 8.72. The number of para-hydroxylation sites is 1. The molecule has 6 heteroatoms. The van der Waals surface area contributed by atoms with Gasteiger partial charge in [0, 0.05) is 26.2 Å². The summed E-state index contributed by atoms with van der Waals surface area (Å²) in [7, 11) is 0. The number of benzene rings is 2. The predicted molar refractivity (Wildman–Crippen MR) is 96.3 cm³/mol. The molecule has 2 aromatic rings. The molecule has 0 bridgehead atoms. The van der Waals surface area contributed by atoms with Gasteiger partial charge in [-0.1, -0.05) is 36.4 Å². The van der Waals surface area contributed by atoms with Crippen LogP contribution < -0.4 is 10.1 Å². The predicted octanol–water partition coefficient (Wildman–Crippen LogP) is 2.35. The molecule has 0 unspecified atom stereocenters. The van der Waals surface area contributed by atoms with Crippen LogP contribution in [0.3, 0.4) is 0 Å². The zero-order valence-corrected chi connectivity index (χ0v) is 14.6. The number of morpholine rings is 1. The summed E-state index contributed by atoms with van der Waals surface area (Å²) in [6, 6.07) is 14.2. The van der Waals surface area contributed by atoms with Gasteiger partial charge in [-0.25, -0.2) is 4.39 Å². The second-order valence-corrected chi connectivity index (χ2v) is 6.20. The van der Waals surface area contributed by atoms with Crippen LogP contribution in [-0.2, 0) is 22.6 Å². The van der Waals surface area contributed by atoms with E-state index in [1.807, 2.05) is 12.1 Å². The molecule has 1 saturated heterocycles. The maximum absolute atomic E-state index is 13.4. The van der Waals surface area contributed by atoms with Gasteiger partial charge >= 0.3 is 0 Å².